The van der Waals surface area contributed by atoms with Crippen molar-refractivity contribution in [2.75, 3.05) is 0 Å². The highest BCUT2D eigenvalue weighted by Gasteiger charge is 2.13. The first-order valence-corrected chi connectivity index (χ1v) is 8.60. The van der Waals surface area contributed by atoms with Crippen LogP contribution in [-0.4, -0.2) is 19.9 Å². The Hall–Kier alpha value is -2.12. The zero-order valence-corrected chi connectivity index (χ0v) is 13.4. The molecule has 4 aromatic rings. The highest BCUT2D eigenvalue weighted by Crippen LogP contribution is 2.29. The minimum Gasteiger partial charge on any atom is -0.440 e. The smallest absolute Gasteiger partial charge is 0.236 e. The Kier molecular flexibility index (Phi) is 3.44. The summed E-state index contributed by atoms with van der Waals surface area (Å²) >= 11 is 3.22. The van der Waals surface area contributed by atoms with Gasteiger partial charge in [-0.15, -0.1) is 11.3 Å². The maximum Gasteiger partial charge on any atom is 0.236 e. The molecular weight excluding hydrogens is 316 g/mol. The summed E-state index contributed by atoms with van der Waals surface area (Å²) in [4.78, 5) is 17.6. The van der Waals surface area contributed by atoms with Crippen LogP contribution in [0.15, 0.2) is 45.4 Å². The number of fused-ring (bicyclic) bond motifs is 1. The van der Waals surface area contributed by atoms with Crippen molar-refractivity contribution in [2.24, 2.45) is 0 Å². The van der Waals surface area contributed by atoms with Crippen molar-refractivity contribution in [3.05, 3.63) is 47.3 Å². The van der Waals surface area contributed by atoms with E-state index < -0.39 is 0 Å². The Morgan fingerprint density at radius 2 is 2.23 bits per heavy atom. The lowest BCUT2D eigenvalue weighted by Crippen LogP contribution is -1.85. The average molecular weight is 328 g/mol. The quantitative estimate of drug-likeness (QED) is 0.566. The molecule has 0 aromatic carbocycles. The molecule has 0 bridgehead atoms. The first-order chi connectivity index (χ1) is 10.8. The molecule has 5 nitrogen and oxygen atoms in total. The van der Waals surface area contributed by atoms with Crippen LogP contribution >= 0.6 is 23.1 Å². The van der Waals surface area contributed by atoms with Crippen LogP contribution < -0.4 is 0 Å². The van der Waals surface area contributed by atoms with Crippen molar-refractivity contribution >= 4 is 34.3 Å². The molecule has 0 spiro atoms. The van der Waals surface area contributed by atoms with Crippen LogP contribution in [0.4, 0.5) is 0 Å². The van der Waals surface area contributed by atoms with E-state index in [-0.39, 0.29) is 0 Å². The molecule has 1 N–H and O–H groups in total. The van der Waals surface area contributed by atoms with E-state index in [0.717, 1.165) is 32.7 Å². The summed E-state index contributed by atoms with van der Waals surface area (Å²) in [6.45, 7) is 1.94. The fraction of sp³-hybridized carbons (Fsp3) is 0.133. The van der Waals surface area contributed by atoms with Crippen molar-refractivity contribution in [3.63, 3.8) is 0 Å². The highest BCUT2D eigenvalue weighted by molar-refractivity contribution is 7.98. The number of rotatable bonds is 4. The fourth-order valence-corrected chi connectivity index (χ4v) is 3.62. The topological polar surface area (TPSA) is 67.6 Å². The fourth-order valence-electron chi connectivity index (χ4n) is 2.10. The monoisotopic (exact) mass is 328 g/mol. The van der Waals surface area contributed by atoms with Crippen LogP contribution in [0.2, 0.25) is 0 Å². The molecule has 0 saturated carbocycles. The molecule has 22 heavy (non-hydrogen) atoms. The van der Waals surface area contributed by atoms with Gasteiger partial charge >= 0.3 is 0 Å². The van der Waals surface area contributed by atoms with Gasteiger partial charge in [0.05, 0.1) is 16.1 Å². The number of thiophene rings is 1. The summed E-state index contributed by atoms with van der Waals surface area (Å²) in [5.41, 5.74) is 2.63. The second-order valence-electron chi connectivity index (χ2n) is 4.70. The van der Waals surface area contributed by atoms with Gasteiger partial charge in [-0.1, -0.05) is 17.8 Å². The lowest BCUT2D eigenvalue weighted by Gasteiger charge is -1.94. The Balaban J connectivity index is 1.54. The van der Waals surface area contributed by atoms with Crippen molar-refractivity contribution in [1.29, 1.82) is 0 Å². The largest absolute Gasteiger partial charge is 0.440 e. The van der Waals surface area contributed by atoms with Gasteiger partial charge in [0.2, 0.25) is 5.89 Å². The van der Waals surface area contributed by atoms with Crippen LogP contribution in [0.1, 0.15) is 11.5 Å². The lowest BCUT2D eigenvalue weighted by molar-refractivity contribution is 0.542. The van der Waals surface area contributed by atoms with E-state index in [1.807, 2.05) is 36.6 Å². The average Bonchev–Trinajstić information content (AvgIpc) is 3.24. The number of aromatic amines is 1. The normalized spacial score (nSPS) is 11.3. The number of oxazole rings is 1. The van der Waals surface area contributed by atoms with Crippen molar-refractivity contribution in [1.82, 2.24) is 19.9 Å². The SMILES string of the molecule is Cc1oc(-c2cccs2)nc1CSc1nc2ncccc2[nH]1. The molecule has 0 unspecified atom stereocenters. The molecule has 0 saturated heterocycles. The third-order valence-electron chi connectivity index (χ3n) is 3.21. The van der Waals surface area contributed by atoms with Crippen LogP contribution in [0.5, 0.6) is 0 Å². The maximum atomic E-state index is 5.75. The summed E-state index contributed by atoms with van der Waals surface area (Å²) in [6.07, 6.45) is 1.74. The van der Waals surface area contributed by atoms with Gasteiger partial charge in [0.1, 0.15) is 5.76 Å². The number of thioether (sulfide) groups is 1. The van der Waals surface area contributed by atoms with Gasteiger partial charge in [-0.05, 0) is 30.5 Å². The number of pyridine rings is 1. The predicted octanol–water partition coefficient (Wildman–Crippen LogP) is 4.28. The Labute approximate surface area is 134 Å². The van der Waals surface area contributed by atoms with Gasteiger partial charge in [0.25, 0.3) is 0 Å². The van der Waals surface area contributed by atoms with Crippen molar-refractivity contribution < 1.29 is 4.42 Å². The molecule has 0 amide bonds. The van der Waals surface area contributed by atoms with Crippen molar-refractivity contribution in [2.45, 2.75) is 17.8 Å². The Bertz CT molecular complexity index is 878. The van der Waals surface area contributed by atoms with E-state index in [2.05, 4.69) is 19.9 Å². The van der Waals surface area contributed by atoms with Crippen LogP contribution in [0.25, 0.3) is 21.9 Å². The molecule has 4 aromatic heterocycles. The number of hydrogen-bond acceptors (Lipinski definition) is 6. The molecular formula is C15H12N4OS2. The summed E-state index contributed by atoms with van der Waals surface area (Å²) in [5, 5.41) is 2.86. The maximum absolute atomic E-state index is 5.75. The molecule has 0 atom stereocenters. The number of nitrogens with one attached hydrogen (secondary N) is 1. The Morgan fingerprint density at radius 1 is 1.27 bits per heavy atom. The van der Waals surface area contributed by atoms with Gasteiger partial charge in [0, 0.05) is 11.9 Å². The van der Waals surface area contributed by atoms with E-state index in [0.29, 0.717) is 11.6 Å². The van der Waals surface area contributed by atoms with E-state index in [1.165, 1.54) is 0 Å². The molecule has 4 rings (SSSR count). The zero-order valence-electron chi connectivity index (χ0n) is 11.7. The van der Waals surface area contributed by atoms with Crippen LogP contribution in [0, 0.1) is 6.92 Å². The van der Waals surface area contributed by atoms with E-state index >= 15 is 0 Å². The molecule has 0 aliphatic heterocycles. The Morgan fingerprint density at radius 3 is 3.05 bits per heavy atom. The summed E-state index contributed by atoms with van der Waals surface area (Å²) in [5.74, 6) is 2.25. The number of H-pyrrole nitrogens is 1. The van der Waals surface area contributed by atoms with Gasteiger partial charge < -0.3 is 9.40 Å². The summed E-state index contributed by atoms with van der Waals surface area (Å²) in [6, 6.07) is 7.87. The first-order valence-electron chi connectivity index (χ1n) is 6.73. The summed E-state index contributed by atoms with van der Waals surface area (Å²) in [7, 11) is 0. The number of nitrogens with zero attached hydrogens (tertiary/aromatic N) is 3. The molecule has 0 aliphatic carbocycles. The van der Waals surface area contributed by atoms with Crippen molar-refractivity contribution in [3.8, 4) is 10.8 Å². The highest BCUT2D eigenvalue weighted by atomic mass is 32.2. The second kappa shape index (κ2) is 5.58. The summed E-state index contributed by atoms with van der Waals surface area (Å²) < 4.78 is 5.75. The van der Waals surface area contributed by atoms with Gasteiger partial charge in [-0.2, -0.15) is 0 Å². The predicted molar refractivity (Wildman–Crippen MR) is 88.0 cm³/mol. The van der Waals surface area contributed by atoms with E-state index in [1.54, 1.807) is 29.3 Å². The number of aryl methyl sites for hydroxylation is 1. The van der Waals surface area contributed by atoms with Gasteiger partial charge in [0.15, 0.2) is 10.8 Å². The minimum atomic E-state index is 0.689. The third-order valence-corrected chi connectivity index (χ3v) is 4.95. The molecule has 110 valence electrons. The molecule has 0 radical (unpaired) electrons. The minimum absolute atomic E-state index is 0.689. The van der Waals surface area contributed by atoms with E-state index in [9.17, 15) is 0 Å². The lowest BCUT2D eigenvalue weighted by atomic mass is 10.4. The molecule has 4 heterocycles. The molecule has 0 aliphatic rings. The molecule has 7 heteroatoms. The second-order valence-corrected chi connectivity index (χ2v) is 6.62. The standard InChI is InChI=1S/C15H12N4OS2/c1-9-11(17-14(20-9)12-5-3-7-21-12)8-22-15-18-10-4-2-6-16-13(10)19-15/h2-7H,8H2,1H3,(H,16,18,19). The number of aromatic nitrogens is 4. The molecule has 0 fully saturated rings. The zero-order chi connectivity index (χ0) is 14.9. The van der Waals surface area contributed by atoms with Crippen LogP contribution in [0.3, 0.4) is 0 Å². The number of hydrogen-bond donors (Lipinski definition) is 1. The first kappa shape index (κ1) is 13.5. The van der Waals surface area contributed by atoms with Crippen LogP contribution in [-0.2, 0) is 5.75 Å². The van der Waals surface area contributed by atoms with Gasteiger partial charge in [-0.25, -0.2) is 15.0 Å². The number of imidazole rings is 1. The third kappa shape index (κ3) is 2.53. The van der Waals surface area contributed by atoms with E-state index in [4.69, 9.17) is 4.42 Å². The van der Waals surface area contributed by atoms with Gasteiger partial charge in [-0.3, -0.25) is 0 Å².